The van der Waals surface area contributed by atoms with Crippen LogP contribution in [0.15, 0.2) is 18.2 Å². The van der Waals surface area contributed by atoms with Crippen LogP contribution in [0.1, 0.15) is 25.8 Å². The fourth-order valence-corrected chi connectivity index (χ4v) is 1.30. The van der Waals surface area contributed by atoms with Crippen molar-refractivity contribution in [2.45, 2.75) is 26.9 Å². The molecule has 0 aliphatic heterocycles. The average Bonchev–Trinajstić information content (AvgIpc) is 2.37. The molecule has 0 amide bonds. The largest absolute Gasteiger partial charge is 0.493 e. The minimum atomic E-state index is -0.0600. The van der Waals surface area contributed by atoms with Gasteiger partial charge in [0.25, 0.3) is 0 Å². The second kappa shape index (κ2) is 7.92. The van der Waals surface area contributed by atoms with Gasteiger partial charge in [0, 0.05) is 18.2 Å². The first-order valence-corrected chi connectivity index (χ1v) is 5.88. The maximum absolute atomic E-state index is 9.18. The SMILES string of the molecule is CCCOc1ccc(CO)c(OCOCC)c1. The summed E-state index contributed by atoms with van der Waals surface area (Å²) >= 11 is 0. The number of hydrogen-bond donors (Lipinski definition) is 1. The van der Waals surface area contributed by atoms with Crippen LogP contribution < -0.4 is 9.47 Å². The Morgan fingerprint density at radius 2 is 2.00 bits per heavy atom. The maximum atomic E-state index is 9.18. The third-order valence-electron chi connectivity index (χ3n) is 2.18. The van der Waals surface area contributed by atoms with E-state index < -0.39 is 0 Å². The van der Waals surface area contributed by atoms with Crippen LogP contribution in [0, 0.1) is 0 Å². The first-order chi connectivity index (χ1) is 8.31. The van der Waals surface area contributed by atoms with Crippen molar-refractivity contribution in [1.29, 1.82) is 0 Å². The van der Waals surface area contributed by atoms with Gasteiger partial charge in [-0.25, -0.2) is 0 Å². The van der Waals surface area contributed by atoms with Gasteiger partial charge < -0.3 is 19.3 Å². The van der Waals surface area contributed by atoms with Crippen molar-refractivity contribution in [1.82, 2.24) is 0 Å². The van der Waals surface area contributed by atoms with Crippen molar-refractivity contribution in [3.63, 3.8) is 0 Å². The second-order valence-corrected chi connectivity index (χ2v) is 3.53. The molecule has 0 saturated heterocycles. The van der Waals surface area contributed by atoms with E-state index in [0.717, 1.165) is 17.7 Å². The Kier molecular flexibility index (Phi) is 6.43. The molecule has 1 aromatic rings. The Morgan fingerprint density at radius 3 is 2.65 bits per heavy atom. The summed E-state index contributed by atoms with van der Waals surface area (Å²) in [5, 5.41) is 9.18. The molecule has 0 atom stereocenters. The lowest BCUT2D eigenvalue weighted by Crippen LogP contribution is -2.05. The van der Waals surface area contributed by atoms with E-state index in [-0.39, 0.29) is 13.4 Å². The molecule has 0 bridgehead atoms. The van der Waals surface area contributed by atoms with Crippen LogP contribution in [0.5, 0.6) is 11.5 Å². The number of aliphatic hydroxyl groups is 1. The summed E-state index contributed by atoms with van der Waals surface area (Å²) in [4.78, 5) is 0. The molecule has 0 fully saturated rings. The zero-order chi connectivity index (χ0) is 12.5. The topological polar surface area (TPSA) is 47.9 Å². The zero-order valence-corrected chi connectivity index (χ0v) is 10.4. The predicted molar refractivity (Wildman–Crippen MR) is 65.3 cm³/mol. The van der Waals surface area contributed by atoms with Gasteiger partial charge in [0.2, 0.25) is 0 Å². The van der Waals surface area contributed by atoms with Gasteiger partial charge in [-0.15, -0.1) is 0 Å². The van der Waals surface area contributed by atoms with Crippen molar-refractivity contribution in [3.05, 3.63) is 23.8 Å². The summed E-state index contributed by atoms with van der Waals surface area (Å²) < 4.78 is 16.0. The van der Waals surface area contributed by atoms with Gasteiger partial charge in [-0.1, -0.05) is 6.92 Å². The van der Waals surface area contributed by atoms with E-state index in [1.165, 1.54) is 0 Å². The van der Waals surface area contributed by atoms with Crippen LogP contribution >= 0.6 is 0 Å². The normalized spacial score (nSPS) is 10.3. The molecule has 0 saturated carbocycles. The van der Waals surface area contributed by atoms with E-state index >= 15 is 0 Å². The maximum Gasteiger partial charge on any atom is 0.189 e. The molecular formula is C13H20O4. The van der Waals surface area contributed by atoms with Crippen molar-refractivity contribution in [2.24, 2.45) is 0 Å². The molecule has 1 N–H and O–H groups in total. The van der Waals surface area contributed by atoms with E-state index in [0.29, 0.717) is 19.0 Å². The second-order valence-electron chi connectivity index (χ2n) is 3.53. The summed E-state index contributed by atoms with van der Waals surface area (Å²) in [6, 6.07) is 5.40. The fourth-order valence-electron chi connectivity index (χ4n) is 1.30. The van der Waals surface area contributed by atoms with Crippen LogP contribution in [0.3, 0.4) is 0 Å². The fraction of sp³-hybridized carbons (Fsp3) is 0.538. The van der Waals surface area contributed by atoms with E-state index in [9.17, 15) is 5.11 Å². The molecule has 0 spiro atoms. The van der Waals surface area contributed by atoms with E-state index in [4.69, 9.17) is 14.2 Å². The van der Waals surface area contributed by atoms with Gasteiger partial charge in [-0.05, 0) is 25.5 Å². The highest BCUT2D eigenvalue weighted by Crippen LogP contribution is 2.25. The molecule has 0 radical (unpaired) electrons. The van der Waals surface area contributed by atoms with Crippen LogP contribution in [-0.4, -0.2) is 25.1 Å². The van der Waals surface area contributed by atoms with E-state index in [1.54, 1.807) is 12.1 Å². The molecule has 4 nitrogen and oxygen atoms in total. The lowest BCUT2D eigenvalue weighted by Gasteiger charge is -2.12. The molecule has 0 unspecified atom stereocenters. The van der Waals surface area contributed by atoms with Crippen molar-refractivity contribution >= 4 is 0 Å². The van der Waals surface area contributed by atoms with Gasteiger partial charge in [0.15, 0.2) is 6.79 Å². The molecule has 17 heavy (non-hydrogen) atoms. The van der Waals surface area contributed by atoms with Crippen molar-refractivity contribution in [3.8, 4) is 11.5 Å². The molecule has 96 valence electrons. The first kappa shape index (κ1) is 13.8. The molecule has 0 aliphatic rings. The molecule has 1 aromatic carbocycles. The average molecular weight is 240 g/mol. The number of rotatable bonds is 8. The highest BCUT2D eigenvalue weighted by molar-refractivity contribution is 5.40. The van der Waals surface area contributed by atoms with E-state index in [1.807, 2.05) is 13.0 Å². The Hall–Kier alpha value is -1.26. The molecule has 0 aromatic heterocycles. The number of ether oxygens (including phenoxy) is 3. The molecular weight excluding hydrogens is 220 g/mol. The molecule has 4 heteroatoms. The van der Waals surface area contributed by atoms with Crippen LogP contribution in [-0.2, 0) is 11.3 Å². The Morgan fingerprint density at radius 1 is 1.18 bits per heavy atom. The van der Waals surface area contributed by atoms with Gasteiger partial charge in [0.05, 0.1) is 13.2 Å². The minimum absolute atomic E-state index is 0.0600. The third kappa shape index (κ3) is 4.63. The zero-order valence-electron chi connectivity index (χ0n) is 10.4. The highest BCUT2D eigenvalue weighted by atomic mass is 16.7. The van der Waals surface area contributed by atoms with Gasteiger partial charge >= 0.3 is 0 Å². The van der Waals surface area contributed by atoms with Crippen LogP contribution in [0.2, 0.25) is 0 Å². The first-order valence-electron chi connectivity index (χ1n) is 5.88. The van der Waals surface area contributed by atoms with Crippen molar-refractivity contribution in [2.75, 3.05) is 20.0 Å². The summed E-state index contributed by atoms with van der Waals surface area (Å²) in [6.45, 7) is 5.34. The third-order valence-corrected chi connectivity index (χ3v) is 2.18. The summed E-state index contributed by atoms with van der Waals surface area (Å²) in [6.07, 6.45) is 0.955. The highest BCUT2D eigenvalue weighted by Gasteiger charge is 2.05. The summed E-state index contributed by atoms with van der Waals surface area (Å²) in [7, 11) is 0. The quantitative estimate of drug-likeness (QED) is 0.559. The smallest absolute Gasteiger partial charge is 0.189 e. The monoisotopic (exact) mass is 240 g/mol. The van der Waals surface area contributed by atoms with Crippen molar-refractivity contribution < 1.29 is 19.3 Å². The number of benzene rings is 1. The predicted octanol–water partition coefficient (Wildman–Crippen LogP) is 2.34. The van der Waals surface area contributed by atoms with Gasteiger partial charge in [0.1, 0.15) is 11.5 Å². The standard InChI is InChI=1S/C13H20O4/c1-3-7-16-12-6-5-11(9-14)13(8-12)17-10-15-4-2/h5-6,8,14H,3-4,7,9-10H2,1-2H3. The van der Waals surface area contributed by atoms with Gasteiger partial charge in [-0.2, -0.15) is 0 Å². The molecule has 0 heterocycles. The Labute approximate surface area is 102 Å². The molecule has 1 rings (SSSR count). The van der Waals surface area contributed by atoms with Gasteiger partial charge in [-0.3, -0.25) is 0 Å². The van der Waals surface area contributed by atoms with Crippen LogP contribution in [0.4, 0.5) is 0 Å². The number of aliphatic hydroxyl groups excluding tert-OH is 1. The Bertz CT molecular complexity index is 325. The lowest BCUT2D eigenvalue weighted by atomic mass is 10.2. The van der Waals surface area contributed by atoms with Crippen LogP contribution in [0.25, 0.3) is 0 Å². The summed E-state index contributed by atoms with van der Waals surface area (Å²) in [5.74, 6) is 1.35. The molecule has 0 aliphatic carbocycles. The minimum Gasteiger partial charge on any atom is -0.493 e. The Balaban J connectivity index is 2.68. The lowest BCUT2D eigenvalue weighted by molar-refractivity contribution is 0.0210. The summed E-state index contributed by atoms with van der Waals surface area (Å²) in [5.41, 5.74) is 0.730. The van der Waals surface area contributed by atoms with E-state index in [2.05, 4.69) is 6.92 Å². The number of hydrogen-bond acceptors (Lipinski definition) is 4.